The fraction of sp³-hybridized carbons (Fsp3) is 0.308. The minimum Gasteiger partial charge on any atom is -0.480 e. The fourth-order valence-corrected chi connectivity index (χ4v) is 4.39. The average Bonchev–Trinajstić information content (AvgIpc) is 3.56. The lowest BCUT2D eigenvalue weighted by Gasteiger charge is -2.11. The van der Waals surface area contributed by atoms with Gasteiger partial charge < -0.3 is 4.74 Å². The topological polar surface area (TPSA) is 96.4 Å². The summed E-state index contributed by atoms with van der Waals surface area (Å²) in [5.74, 6) is 1.40. The zero-order valence-electron chi connectivity index (χ0n) is 20.3. The number of aryl methyl sites for hydroxylation is 1. The summed E-state index contributed by atoms with van der Waals surface area (Å²) in [6.07, 6.45) is 6.15. The van der Waals surface area contributed by atoms with Crippen LogP contribution in [0.15, 0.2) is 49.1 Å². The normalized spacial score (nSPS) is 14.3. The molecule has 0 aliphatic heterocycles. The lowest BCUT2D eigenvalue weighted by atomic mass is 10.1. The van der Waals surface area contributed by atoms with Gasteiger partial charge in [-0.25, -0.2) is 33.7 Å². The van der Waals surface area contributed by atoms with Crippen LogP contribution in [0, 0.1) is 6.92 Å². The minimum absolute atomic E-state index is 0.391. The van der Waals surface area contributed by atoms with Crippen LogP contribution in [-0.2, 0) is 6.54 Å². The molecule has 1 saturated carbocycles. The minimum atomic E-state index is -1.10. The number of aromatic nitrogens is 8. The van der Waals surface area contributed by atoms with Crippen LogP contribution in [-0.4, -0.2) is 46.6 Å². The van der Waals surface area contributed by atoms with Gasteiger partial charge in [0, 0.05) is 17.8 Å². The lowest BCUT2D eigenvalue weighted by molar-refractivity contribution is 0.364. The number of nitrogens with zero attached hydrogens (tertiary/aromatic N) is 8. The van der Waals surface area contributed by atoms with Crippen molar-refractivity contribution < 1.29 is 9.13 Å². The summed E-state index contributed by atoms with van der Waals surface area (Å²) >= 11 is 0. The van der Waals surface area contributed by atoms with Crippen LogP contribution in [0.2, 0.25) is 0 Å². The van der Waals surface area contributed by atoms with E-state index in [4.69, 9.17) is 9.72 Å². The molecule has 5 aromatic rings. The molecule has 0 spiro atoms. The van der Waals surface area contributed by atoms with E-state index in [9.17, 15) is 4.39 Å². The van der Waals surface area contributed by atoms with Gasteiger partial charge >= 0.3 is 0 Å². The second-order valence-electron chi connectivity index (χ2n) is 9.10. The summed E-state index contributed by atoms with van der Waals surface area (Å²) in [5, 5.41) is 9.78. The van der Waals surface area contributed by atoms with E-state index in [-0.39, 0.29) is 0 Å². The zero-order chi connectivity index (χ0) is 24.8. The van der Waals surface area contributed by atoms with Crippen LogP contribution in [0.4, 0.5) is 4.39 Å². The average molecular weight is 485 g/mol. The molecule has 0 N–H and O–H groups in total. The van der Waals surface area contributed by atoms with E-state index in [0.717, 1.165) is 52.1 Å². The third kappa shape index (κ3) is 3.98. The molecule has 0 amide bonds. The highest BCUT2D eigenvalue weighted by Crippen LogP contribution is 2.44. The van der Waals surface area contributed by atoms with Crippen molar-refractivity contribution in [3.63, 3.8) is 0 Å². The van der Waals surface area contributed by atoms with Gasteiger partial charge in [0.25, 0.3) is 0 Å². The van der Waals surface area contributed by atoms with Gasteiger partial charge in [-0.1, -0.05) is 12.1 Å². The number of fused-ring (bicyclic) bond motifs is 1. The quantitative estimate of drug-likeness (QED) is 0.329. The molecule has 1 atom stereocenters. The van der Waals surface area contributed by atoms with Gasteiger partial charge in [-0.3, -0.25) is 0 Å². The van der Waals surface area contributed by atoms with Crippen molar-refractivity contribution in [3.05, 3.63) is 71.7 Å². The first-order chi connectivity index (χ1) is 17.5. The van der Waals surface area contributed by atoms with Gasteiger partial charge in [0.05, 0.1) is 42.3 Å². The maximum atomic E-state index is 13.7. The highest BCUT2D eigenvalue weighted by molar-refractivity contribution is 5.77. The smallest absolute Gasteiger partial charge is 0.227 e. The molecule has 1 aliphatic carbocycles. The Morgan fingerprint density at radius 3 is 2.61 bits per heavy atom. The number of alkyl halides is 1. The lowest BCUT2D eigenvalue weighted by Crippen LogP contribution is -2.06. The Morgan fingerprint density at radius 2 is 1.92 bits per heavy atom. The molecule has 182 valence electrons. The maximum absolute atomic E-state index is 13.7. The van der Waals surface area contributed by atoms with E-state index in [1.54, 1.807) is 30.3 Å². The number of hydrogen-bond donors (Lipinski definition) is 0. The summed E-state index contributed by atoms with van der Waals surface area (Å²) in [5.41, 5.74) is 5.64. The van der Waals surface area contributed by atoms with Gasteiger partial charge in [-0.2, -0.15) is 10.2 Å². The molecule has 6 rings (SSSR count). The molecule has 10 heteroatoms. The first-order valence-corrected chi connectivity index (χ1v) is 11.9. The Bertz CT molecular complexity index is 1550. The second-order valence-corrected chi connectivity index (χ2v) is 9.10. The van der Waals surface area contributed by atoms with E-state index in [1.165, 1.54) is 13.3 Å². The molecule has 1 unspecified atom stereocenters. The van der Waals surface area contributed by atoms with Gasteiger partial charge in [0.1, 0.15) is 18.1 Å². The van der Waals surface area contributed by atoms with Crippen molar-refractivity contribution in [3.8, 4) is 23.0 Å². The SMILES string of the molecule is COc1ncnc(C2CC2)c1-c1ncc2cnn(Cc3ccc(-n4nc(C(C)F)cc4C)cc3)c2n1. The second kappa shape index (κ2) is 8.78. The van der Waals surface area contributed by atoms with Crippen LogP contribution in [0.25, 0.3) is 28.1 Å². The third-order valence-corrected chi connectivity index (χ3v) is 6.43. The molecule has 4 aromatic heterocycles. The van der Waals surface area contributed by atoms with Crippen molar-refractivity contribution >= 4 is 11.0 Å². The summed E-state index contributed by atoms with van der Waals surface area (Å²) in [6.45, 7) is 3.94. The molecule has 0 bridgehead atoms. The number of ether oxygens (including phenoxy) is 1. The van der Waals surface area contributed by atoms with Crippen LogP contribution < -0.4 is 4.74 Å². The number of methoxy groups -OCH3 is 1. The van der Waals surface area contributed by atoms with Gasteiger partial charge in [0.15, 0.2) is 11.5 Å². The third-order valence-electron chi connectivity index (χ3n) is 6.43. The Morgan fingerprint density at radius 1 is 1.11 bits per heavy atom. The monoisotopic (exact) mass is 484 g/mol. The van der Waals surface area contributed by atoms with Crippen molar-refractivity contribution in [2.24, 2.45) is 0 Å². The van der Waals surface area contributed by atoms with E-state index in [1.807, 2.05) is 35.9 Å². The Labute approximate surface area is 207 Å². The number of rotatable bonds is 7. The molecule has 0 radical (unpaired) electrons. The standard InChI is InChI=1S/C26H25FN8O/c1-15-10-21(16(2)27)33-35(15)20-8-4-17(5-9-20)13-34-25-19(12-31-34)11-28-24(32-25)22-23(18-6-7-18)29-14-30-26(22)36-3/h4-5,8-12,14,16,18H,6-7,13H2,1-3H3. The highest BCUT2D eigenvalue weighted by Gasteiger charge is 2.31. The Balaban J connectivity index is 1.32. The summed E-state index contributed by atoms with van der Waals surface area (Å²) in [4.78, 5) is 18.2. The van der Waals surface area contributed by atoms with E-state index >= 15 is 0 Å². The molecule has 9 nitrogen and oxygen atoms in total. The van der Waals surface area contributed by atoms with Crippen molar-refractivity contribution in [1.82, 2.24) is 39.5 Å². The van der Waals surface area contributed by atoms with E-state index in [0.29, 0.717) is 29.9 Å². The van der Waals surface area contributed by atoms with Gasteiger partial charge in [0.2, 0.25) is 5.88 Å². The summed E-state index contributed by atoms with van der Waals surface area (Å²) < 4.78 is 22.8. The molecule has 1 aliphatic rings. The van der Waals surface area contributed by atoms with Crippen LogP contribution in [0.1, 0.15) is 54.5 Å². The van der Waals surface area contributed by atoms with Crippen molar-refractivity contribution in [2.75, 3.05) is 7.11 Å². The number of benzene rings is 1. The van der Waals surface area contributed by atoms with E-state index in [2.05, 4.69) is 25.1 Å². The van der Waals surface area contributed by atoms with E-state index < -0.39 is 6.17 Å². The van der Waals surface area contributed by atoms with Crippen LogP contribution in [0.3, 0.4) is 0 Å². The molecular formula is C26H25FN8O. The molecule has 36 heavy (non-hydrogen) atoms. The zero-order valence-corrected chi connectivity index (χ0v) is 20.3. The fourth-order valence-electron chi connectivity index (χ4n) is 4.39. The number of hydrogen-bond acceptors (Lipinski definition) is 7. The summed E-state index contributed by atoms with van der Waals surface area (Å²) in [6, 6.07) is 9.76. The largest absolute Gasteiger partial charge is 0.480 e. The molecule has 0 saturated heterocycles. The van der Waals surface area contributed by atoms with Gasteiger partial charge in [-0.05, 0) is 50.5 Å². The Kier molecular flexibility index (Phi) is 5.43. The Hall–Kier alpha value is -4.21. The first kappa shape index (κ1) is 22.3. The van der Waals surface area contributed by atoms with Crippen LogP contribution in [0.5, 0.6) is 5.88 Å². The first-order valence-electron chi connectivity index (χ1n) is 11.9. The predicted octanol–water partition coefficient (Wildman–Crippen LogP) is 4.74. The molecule has 1 fully saturated rings. The van der Waals surface area contributed by atoms with Gasteiger partial charge in [-0.15, -0.1) is 0 Å². The molecule has 4 heterocycles. The molecule has 1 aromatic carbocycles. The van der Waals surface area contributed by atoms with Crippen molar-refractivity contribution in [1.29, 1.82) is 0 Å². The highest BCUT2D eigenvalue weighted by atomic mass is 19.1. The maximum Gasteiger partial charge on any atom is 0.227 e. The van der Waals surface area contributed by atoms with Crippen LogP contribution >= 0.6 is 0 Å². The summed E-state index contributed by atoms with van der Waals surface area (Å²) in [7, 11) is 1.60. The van der Waals surface area contributed by atoms with Crippen molar-refractivity contribution in [2.45, 2.75) is 45.3 Å². The predicted molar refractivity (Wildman–Crippen MR) is 132 cm³/mol. The molecular weight excluding hydrogens is 459 g/mol. The number of halogens is 1.